The number of fused-ring (bicyclic) bond motifs is 4. The number of nitrogens with zero attached hydrogens (tertiary/aromatic N) is 4. The monoisotopic (exact) mass is 984 g/mol. The van der Waals surface area contributed by atoms with Gasteiger partial charge in [-0.1, -0.05) is 51.3 Å². The third kappa shape index (κ3) is 9.17. The lowest BCUT2D eigenvalue weighted by Gasteiger charge is -2.30. The zero-order chi connectivity index (χ0) is 49.1. The fraction of sp³-hybridized carbons (Fsp3) is 0.404. The summed E-state index contributed by atoms with van der Waals surface area (Å²) in [5.41, 5.74) is 7.67. The van der Waals surface area contributed by atoms with E-state index in [2.05, 4.69) is 5.32 Å². The number of hydrogen-bond acceptors (Lipinski definition) is 10. The smallest absolute Gasteiger partial charge is 0.418 e. The van der Waals surface area contributed by atoms with Crippen molar-refractivity contribution in [2.75, 3.05) is 24.1 Å². The van der Waals surface area contributed by atoms with E-state index >= 15 is 0 Å². The minimum atomic E-state index is -3.18. The Morgan fingerprint density at radius 3 is 1.51 bits per heavy atom. The number of hydrogen-bond donors (Lipinski definition) is 2. The molecule has 4 fully saturated rings. The van der Waals surface area contributed by atoms with Crippen molar-refractivity contribution in [2.24, 2.45) is 0 Å². The van der Waals surface area contributed by atoms with E-state index in [4.69, 9.17) is 15.2 Å². The third-order valence-corrected chi connectivity index (χ3v) is 14.2. The molecule has 0 bridgehead atoms. The Balaban J connectivity index is 0.000000205. The Hall–Kier alpha value is -7.31. The molecule has 4 saturated heterocycles. The highest BCUT2D eigenvalue weighted by molar-refractivity contribution is 6.07. The minimum Gasteiger partial charge on any atom is -0.427 e. The second-order valence-electron chi connectivity index (χ2n) is 18.3. The lowest BCUT2D eigenvalue weighted by molar-refractivity contribution is -0.143. The number of carbonyl (C=O) groups excluding carboxylic acids is 7. The van der Waals surface area contributed by atoms with Crippen molar-refractivity contribution in [1.82, 2.24) is 19.6 Å². The number of carbonyl (C=O) groups is 7. The van der Waals surface area contributed by atoms with Crippen LogP contribution in [-0.4, -0.2) is 92.9 Å². The number of alkyl halides is 2. The summed E-state index contributed by atoms with van der Waals surface area (Å²) in [5.74, 6) is -4.11. The standard InChI is InChI=1S/C26H24F3N3O5.C24H24FN3O4.2CH4/c1-14-2-9-20(15-3-5-17(27)6-4-15)32(14)21(33)13-31-24(35)26(37-25(31)36)11-10-16-12-18(7-8-19(16)26)30-23(34)22(28)29;1-14-2-9-20(15-3-5-17(25)6-4-15)28(14)21(29)13-27-22(30)24(32-23(27)31)11-10-16-12-18(26)7-8-19(16)24;;/h3-8,12,14,20,22H,2,9-11,13H2,1H3,(H,30,34);3-8,12,14,20H,2,9-11,13,26H2,1H3;2*1H4/t14-,20-,26+;14-,20-,24+;;/m00../s1. The first-order chi connectivity index (χ1) is 32.9. The molecule has 0 aromatic heterocycles. The van der Waals surface area contributed by atoms with Gasteiger partial charge in [0.05, 0.1) is 12.1 Å². The van der Waals surface area contributed by atoms with Gasteiger partial charge in [0.1, 0.15) is 24.7 Å². The molecular weight excluding hydrogens is 929 g/mol. The Labute approximate surface area is 408 Å². The maximum Gasteiger partial charge on any atom is 0.418 e. The van der Waals surface area contributed by atoms with Gasteiger partial charge >= 0.3 is 18.6 Å². The zero-order valence-corrected chi connectivity index (χ0v) is 37.6. The van der Waals surface area contributed by atoms with Gasteiger partial charge in [0, 0.05) is 47.4 Å². The number of amides is 7. The minimum absolute atomic E-state index is 0. The molecule has 0 unspecified atom stereocenters. The van der Waals surface area contributed by atoms with Crippen LogP contribution < -0.4 is 11.1 Å². The van der Waals surface area contributed by atoms with E-state index in [-0.39, 0.29) is 75.2 Å². The fourth-order valence-electron chi connectivity index (χ4n) is 10.9. The normalized spacial score (nSPS) is 24.9. The molecule has 4 aromatic rings. The van der Waals surface area contributed by atoms with Crippen LogP contribution >= 0.6 is 0 Å². The number of ether oxygens (including phenoxy) is 2. The largest absolute Gasteiger partial charge is 0.427 e. The van der Waals surface area contributed by atoms with E-state index in [1.807, 2.05) is 13.8 Å². The molecule has 3 N–H and O–H groups in total. The molecule has 4 aromatic carbocycles. The molecule has 2 aliphatic carbocycles. The molecular formula is C52H56F4N6O9. The first kappa shape index (κ1) is 51.5. The third-order valence-electron chi connectivity index (χ3n) is 14.2. The van der Waals surface area contributed by atoms with Gasteiger partial charge in [-0.25, -0.2) is 28.2 Å². The van der Waals surface area contributed by atoms with Gasteiger partial charge in [0.2, 0.25) is 23.0 Å². The number of benzene rings is 4. The fourth-order valence-corrected chi connectivity index (χ4v) is 10.9. The van der Waals surface area contributed by atoms with Gasteiger partial charge in [-0.15, -0.1) is 0 Å². The Morgan fingerprint density at radius 2 is 1.07 bits per heavy atom. The summed E-state index contributed by atoms with van der Waals surface area (Å²) < 4.78 is 63.1. The molecule has 19 heteroatoms. The summed E-state index contributed by atoms with van der Waals surface area (Å²) in [4.78, 5) is 95.3. The number of anilines is 2. The van der Waals surface area contributed by atoms with Crippen molar-refractivity contribution in [2.45, 2.75) is 122 Å². The van der Waals surface area contributed by atoms with Gasteiger partial charge in [-0.3, -0.25) is 24.0 Å². The summed E-state index contributed by atoms with van der Waals surface area (Å²) >= 11 is 0. The average molecular weight is 985 g/mol. The van der Waals surface area contributed by atoms with E-state index in [0.717, 1.165) is 39.3 Å². The molecule has 15 nitrogen and oxygen atoms in total. The maximum absolute atomic E-state index is 13.5. The van der Waals surface area contributed by atoms with Gasteiger partial charge in [-0.05, 0) is 123 Å². The van der Waals surface area contributed by atoms with Crippen LogP contribution in [0.3, 0.4) is 0 Å². The number of nitrogens with two attached hydrogens (primary N) is 1. The molecule has 4 heterocycles. The molecule has 0 radical (unpaired) electrons. The van der Waals surface area contributed by atoms with Crippen molar-refractivity contribution < 1.29 is 60.6 Å². The lowest BCUT2D eigenvalue weighted by Crippen LogP contribution is -2.46. The van der Waals surface area contributed by atoms with Crippen LogP contribution in [0.5, 0.6) is 0 Å². The second-order valence-corrected chi connectivity index (χ2v) is 18.3. The summed E-state index contributed by atoms with van der Waals surface area (Å²) in [5, 5.41) is 2.10. The topological polar surface area (TPSA) is 189 Å². The number of halogens is 4. The number of nitrogen functional groups attached to an aromatic ring is 1. The molecule has 6 aliphatic rings. The highest BCUT2D eigenvalue weighted by Crippen LogP contribution is 2.48. The molecule has 0 saturated carbocycles. The summed E-state index contributed by atoms with van der Waals surface area (Å²) in [6.07, 6.45) is -0.690. The number of nitrogens with one attached hydrogen (secondary N) is 1. The first-order valence-corrected chi connectivity index (χ1v) is 22.7. The van der Waals surface area contributed by atoms with Gasteiger partial charge < -0.3 is 30.3 Å². The van der Waals surface area contributed by atoms with Crippen molar-refractivity contribution in [3.63, 3.8) is 0 Å². The lowest BCUT2D eigenvalue weighted by atomic mass is 9.94. The van der Waals surface area contributed by atoms with Gasteiger partial charge in [-0.2, -0.15) is 8.78 Å². The van der Waals surface area contributed by atoms with Gasteiger partial charge in [0.25, 0.3) is 17.7 Å². The van der Waals surface area contributed by atoms with Crippen LogP contribution in [0.25, 0.3) is 0 Å². The quantitative estimate of drug-likeness (QED) is 0.128. The summed E-state index contributed by atoms with van der Waals surface area (Å²) in [6.45, 7) is 2.93. The number of likely N-dealkylation sites (tertiary alicyclic amines) is 2. The number of rotatable bonds is 8. The van der Waals surface area contributed by atoms with E-state index in [0.29, 0.717) is 54.5 Å². The van der Waals surface area contributed by atoms with Crippen LogP contribution in [0.4, 0.5) is 38.5 Å². The number of imide groups is 2. The maximum atomic E-state index is 13.5. The highest BCUT2D eigenvalue weighted by Gasteiger charge is 2.60. The van der Waals surface area contributed by atoms with Crippen molar-refractivity contribution >= 4 is 53.1 Å². The molecule has 71 heavy (non-hydrogen) atoms. The molecule has 10 rings (SSSR count). The molecule has 2 spiro atoms. The van der Waals surface area contributed by atoms with Crippen LogP contribution in [-0.2, 0) is 57.5 Å². The van der Waals surface area contributed by atoms with E-state index in [1.165, 1.54) is 42.5 Å². The number of aryl methyl sites for hydroxylation is 2. The van der Waals surface area contributed by atoms with Crippen molar-refractivity contribution in [1.29, 1.82) is 0 Å². The summed E-state index contributed by atoms with van der Waals surface area (Å²) in [6, 6.07) is 20.7. The van der Waals surface area contributed by atoms with E-state index in [9.17, 15) is 51.1 Å². The van der Waals surface area contributed by atoms with Gasteiger partial charge in [0.15, 0.2) is 0 Å². The van der Waals surface area contributed by atoms with E-state index < -0.39 is 60.0 Å². The molecule has 4 aliphatic heterocycles. The van der Waals surface area contributed by atoms with E-state index in [1.54, 1.807) is 52.3 Å². The first-order valence-electron chi connectivity index (χ1n) is 22.7. The molecule has 6 atom stereocenters. The Morgan fingerprint density at radius 1 is 0.648 bits per heavy atom. The molecule has 7 amide bonds. The van der Waals surface area contributed by atoms with Crippen molar-refractivity contribution in [3.8, 4) is 0 Å². The predicted molar refractivity (Wildman–Crippen MR) is 251 cm³/mol. The van der Waals surface area contributed by atoms with Crippen LogP contribution in [0.1, 0.15) is 113 Å². The molecule has 376 valence electrons. The highest BCUT2D eigenvalue weighted by atomic mass is 19.3. The van der Waals surface area contributed by atoms with Crippen LogP contribution in [0.2, 0.25) is 0 Å². The van der Waals surface area contributed by atoms with Crippen LogP contribution in [0.15, 0.2) is 84.9 Å². The average Bonchev–Trinajstić information content (AvgIpc) is 4.16. The summed E-state index contributed by atoms with van der Waals surface area (Å²) in [7, 11) is 0. The Bertz CT molecular complexity index is 2780. The Kier molecular flexibility index (Phi) is 14.4. The van der Waals surface area contributed by atoms with Crippen molar-refractivity contribution in [3.05, 3.63) is 130 Å². The van der Waals surface area contributed by atoms with Crippen LogP contribution in [0, 0.1) is 11.6 Å². The zero-order valence-electron chi connectivity index (χ0n) is 37.6. The predicted octanol–water partition coefficient (Wildman–Crippen LogP) is 8.45. The second kappa shape index (κ2) is 19.8. The SMILES string of the molecule is C.C.C[C@H]1CC[C@@H](c2ccc(F)cc2)N1C(=O)CN1C(=O)O[C@@]2(CCc3cc(N)ccc32)C1=O.C[C@H]1CC[C@@H](c2ccc(F)cc2)N1C(=O)CN1C(=O)O[C@@]2(CCc3cc(NC(=O)C(F)F)ccc32)C1=O.